The van der Waals surface area contributed by atoms with Gasteiger partial charge in [0.15, 0.2) is 5.65 Å². The second kappa shape index (κ2) is 8.90. The first kappa shape index (κ1) is 23.0. The number of fused-ring (bicyclic) bond motifs is 2. The average Bonchev–Trinajstić information content (AvgIpc) is 3.51. The van der Waals surface area contributed by atoms with Crippen LogP contribution in [0.4, 0.5) is 4.39 Å². The third kappa shape index (κ3) is 4.58. The first-order chi connectivity index (χ1) is 17.8. The standard InChI is InChI=1S/C27H21FN6O2S/c1-37(35,36)9-6-16-10-17(12-19(28)11-16)25-20-14-24(32-23(20)5-8-30-25)26-21-13-18(15-31-27(21)34-33-26)22-4-2-3-7-29-22/h2-5,7-8,10-15,32H,6,9H2,1H3,(H,31,33,34). The van der Waals surface area contributed by atoms with Gasteiger partial charge in [-0.3, -0.25) is 15.1 Å². The van der Waals surface area contributed by atoms with Crippen LogP contribution in [-0.4, -0.2) is 50.6 Å². The number of nitrogens with zero attached hydrogens (tertiary/aromatic N) is 4. The first-order valence-electron chi connectivity index (χ1n) is 11.6. The number of aromatic nitrogens is 6. The minimum atomic E-state index is -3.17. The third-order valence-electron chi connectivity index (χ3n) is 6.18. The molecule has 0 bridgehead atoms. The van der Waals surface area contributed by atoms with Crippen molar-refractivity contribution in [2.75, 3.05) is 12.0 Å². The molecule has 0 spiro atoms. The highest BCUT2D eigenvalue weighted by Gasteiger charge is 2.16. The molecule has 184 valence electrons. The number of aryl methyl sites for hydroxylation is 1. The van der Waals surface area contributed by atoms with Crippen LogP contribution in [0.15, 0.2) is 73.2 Å². The van der Waals surface area contributed by atoms with Gasteiger partial charge < -0.3 is 4.98 Å². The monoisotopic (exact) mass is 512 g/mol. The lowest BCUT2D eigenvalue weighted by molar-refractivity contribution is 0.600. The van der Waals surface area contributed by atoms with Gasteiger partial charge in [-0.15, -0.1) is 0 Å². The van der Waals surface area contributed by atoms with Gasteiger partial charge in [-0.2, -0.15) is 5.10 Å². The van der Waals surface area contributed by atoms with Crippen LogP contribution >= 0.6 is 0 Å². The molecule has 0 fully saturated rings. The maximum absolute atomic E-state index is 14.5. The van der Waals surface area contributed by atoms with Crippen LogP contribution in [0, 0.1) is 5.82 Å². The fourth-order valence-corrected chi connectivity index (χ4v) is 5.04. The van der Waals surface area contributed by atoms with Crippen molar-refractivity contribution in [2.45, 2.75) is 6.42 Å². The van der Waals surface area contributed by atoms with E-state index in [1.54, 1.807) is 24.7 Å². The molecule has 8 nitrogen and oxygen atoms in total. The topological polar surface area (TPSA) is 117 Å². The van der Waals surface area contributed by atoms with E-state index in [-0.39, 0.29) is 12.2 Å². The minimum absolute atomic E-state index is 0.0523. The summed E-state index contributed by atoms with van der Waals surface area (Å²) in [5.41, 5.74) is 6.38. The minimum Gasteiger partial charge on any atom is -0.353 e. The molecule has 2 N–H and O–H groups in total. The Balaban J connectivity index is 1.44. The van der Waals surface area contributed by atoms with Gasteiger partial charge in [0.2, 0.25) is 0 Å². The van der Waals surface area contributed by atoms with Crippen LogP contribution in [0.1, 0.15) is 5.56 Å². The molecule has 0 atom stereocenters. The Morgan fingerprint density at radius 1 is 0.919 bits per heavy atom. The average molecular weight is 513 g/mol. The molecule has 6 aromatic rings. The Morgan fingerprint density at radius 3 is 2.62 bits per heavy atom. The lowest BCUT2D eigenvalue weighted by Gasteiger charge is -2.07. The Morgan fingerprint density at radius 2 is 1.81 bits per heavy atom. The Kier molecular flexibility index (Phi) is 5.53. The summed E-state index contributed by atoms with van der Waals surface area (Å²) in [4.78, 5) is 16.8. The highest BCUT2D eigenvalue weighted by molar-refractivity contribution is 7.90. The molecular formula is C27H21FN6O2S. The molecule has 37 heavy (non-hydrogen) atoms. The largest absolute Gasteiger partial charge is 0.353 e. The number of aromatic amines is 2. The van der Waals surface area contributed by atoms with Crippen molar-refractivity contribution in [2.24, 2.45) is 0 Å². The van der Waals surface area contributed by atoms with Gasteiger partial charge in [-0.1, -0.05) is 6.07 Å². The quantitative estimate of drug-likeness (QED) is 0.326. The van der Waals surface area contributed by atoms with E-state index >= 15 is 0 Å². The summed E-state index contributed by atoms with van der Waals surface area (Å²) in [5.74, 6) is -0.494. The van der Waals surface area contributed by atoms with E-state index in [9.17, 15) is 12.8 Å². The van der Waals surface area contributed by atoms with Gasteiger partial charge in [-0.25, -0.2) is 17.8 Å². The molecular weight excluding hydrogens is 491 g/mol. The van der Waals surface area contributed by atoms with Gasteiger partial charge in [0, 0.05) is 52.3 Å². The van der Waals surface area contributed by atoms with E-state index in [1.165, 1.54) is 18.4 Å². The molecule has 1 aromatic carbocycles. The molecule has 0 unspecified atom stereocenters. The SMILES string of the molecule is CS(=O)(=O)CCc1cc(F)cc(-c2nccc3[nH]c(-c4[nH]nc5ncc(-c6ccccn6)cc45)cc23)c1. The molecule has 10 heteroatoms. The van der Waals surface area contributed by atoms with Crippen molar-refractivity contribution in [1.29, 1.82) is 0 Å². The third-order valence-corrected chi connectivity index (χ3v) is 7.13. The molecule has 0 saturated carbocycles. The summed E-state index contributed by atoms with van der Waals surface area (Å²) >= 11 is 0. The highest BCUT2D eigenvalue weighted by Crippen LogP contribution is 2.34. The number of H-pyrrole nitrogens is 2. The summed E-state index contributed by atoms with van der Waals surface area (Å²) in [7, 11) is -3.17. The van der Waals surface area contributed by atoms with Gasteiger partial charge in [-0.05, 0) is 60.5 Å². The zero-order valence-corrected chi connectivity index (χ0v) is 20.6. The summed E-state index contributed by atoms with van der Waals surface area (Å²) in [6, 6.07) is 16.1. The van der Waals surface area contributed by atoms with Gasteiger partial charge in [0.25, 0.3) is 0 Å². The number of halogens is 1. The maximum atomic E-state index is 14.5. The summed E-state index contributed by atoms with van der Waals surface area (Å²) in [6.45, 7) is 0. The van der Waals surface area contributed by atoms with Crippen molar-refractivity contribution >= 4 is 31.8 Å². The van der Waals surface area contributed by atoms with Gasteiger partial charge >= 0.3 is 0 Å². The molecule has 6 rings (SSSR count). The van der Waals surface area contributed by atoms with Gasteiger partial charge in [0.05, 0.1) is 28.5 Å². The lowest BCUT2D eigenvalue weighted by atomic mass is 10.0. The van der Waals surface area contributed by atoms with E-state index in [0.717, 1.165) is 38.9 Å². The molecule has 0 radical (unpaired) electrons. The Bertz CT molecular complexity index is 1880. The normalized spacial score (nSPS) is 11.9. The fraction of sp³-hybridized carbons (Fsp3) is 0.111. The van der Waals surface area contributed by atoms with E-state index in [0.29, 0.717) is 22.5 Å². The van der Waals surface area contributed by atoms with Crippen LogP contribution in [0.5, 0.6) is 0 Å². The predicted molar refractivity (Wildman–Crippen MR) is 141 cm³/mol. The Labute approximate surface area is 211 Å². The fourth-order valence-electron chi connectivity index (χ4n) is 4.43. The number of pyridine rings is 3. The van der Waals surface area contributed by atoms with E-state index < -0.39 is 15.7 Å². The number of benzene rings is 1. The van der Waals surface area contributed by atoms with Crippen molar-refractivity contribution in [1.82, 2.24) is 30.1 Å². The summed E-state index contributed by atoms with van der Waals surface area (Å²) in [5, 5.41) is 9.06. The number of hydrogen-bond donors (Lipinski definition) is 2. The van der Waals surface area contributed by atoms with Crippen LogP contribution < -0.4 is 0 Å². The zero-order valence-electron chi connectivity index (χ0n) is 19.7. The number of hydrogen-bond acceptors (Lipinski definition) is 6. The highest BCUT2D eigenvalue weighted by atomic mass is 32.2. The van der Waals surface area contributed by atoms with Crippen molar-refractivity contribution in [3.8, 4) is 33.9 Å². The molecule has 0 aliphatic carbocycles. The second-order valence-corrected chi connectivity index (χ2v) is 11.2. The van der Waals surface area contributed by atoms with Gasteiger partial charge in [0.1, 0.15) is 15.7 Å². The predicted octanol–water partition coefficient (Wildman–Crippen LogP) is 4.96. The number of rotatable bonds is 6. The second-order valence-electron chi connectivity index (χ2n) is 8.94. The number of sulfone groups is 1. The maximum Gasteiger partial charge on any atom is 0.181 e. The molecule has 0 saturated heterocycles. The zero-order chi connectivity index (χ0) is 25.6. The van der Waals surface area contributed by atoms with Crippen molar-refractivity contribution in [3.05, 3.63) is 84.6 Å². The molecule has 5 aromatic heterocycles. The summed E-state index contributed by atoms with van der Waals surface area (Å²) < 4.78 is 37.7. The molecule has 0 amide bonds. The number of nitrogens with one attached hydrogen (secondary N) is 2. The van der Waals surface area contributed by atoms with Crippen molar-refractivity contribution < 1.29 is 12.8 Å². The Hall–Kier alpha value is -4.44. The van der Waals surface area contributed by atoms with Crippen LogP contribution in [-0.2, 0) is 16.3 Å². The first-order valence-corrected chi connectivity index (χ1v) is 13.6. The summed E-state index contributed by atoms with van der Waals surface area (Å²) in [6.07, 6.45) is 6.54. The smallest absolute Gasteiger partial charge is 0.181 e. The van der Waals surface area contributed by atoms with E-state index in [1.807, 2.05) is 36.4 Å². The molecule has 0 aliphatic rings. The lowest BCUT2D eigenvalue weighted by Crippen LogP contribution is -2.06. The van der Waals surface area contributed by atoms with E-state index in [2.05, 4.69) is 30.1 Å². The van der Waals surface area contributed by atoms with Crippen LogP contribution in [0.3, 0.4) is 0 Å². The van der Waals surface area contributed by atoms with E-state index in [4.69, 9.17) is 0 Å². The molecule has 5 heterocycles. The van der Waals surface area contributed by atoms with Crippen molar-refractivity contribution in [3.63, 3.8) is 0 Å². The van der Waals surface area contributed by atoms with Crippen LogP contribution in [0.25, 0.3) is 55.8 Å². The molecule has 0 aliphatic heterocycles. The van der Waals surface area contributed by atoms with Crippen LogP contribution in [0.2, 0.25) is 0 Å².